The lowest BCUT2D eigenvalue weighted by atomic mass is 9.60. The fourth-order valence-corrected chi connectivity index (χ4v) is 17.6. The molecule has 0 aromatic rings. The first kappa shape index (κ1) is 97.2. The SMILES string of the molecule is C#CC#CC#CC#CC#CC#CC#CC#CC1CCC(CC2C(C#CC#CC#CC#CC#CC)CCC(CC3C(C#CC#CC#CC#CC#CC#CC#CC)CCC(CC4C(CCCCCCCCCCCCCCCC)CCCC4OCC4CO4)C3O)C2OCC2CO2)C(O)C1CC1CCC(C#CC#CC#CC#CC#CC#CC#CC)CC1OCC1CO1. The van der Waals surface area contributed by atoms with Crippen molar-refractivity contribution in [3.8, 4) is 320 Å². The highest BCUT2D eigenvalue weighted by molar-refractivity contribution is 5.49. The van der Waals surface area contributed by atoms with E-state index in [2.05, 4.69) is 321 Å². The van der Waals surface area contributed by atoms with E-state index in [1.807, 2.05) is 0 Å². The van der Waals surface area contributed by atoms with Crippen LogP contribution in [0, 0.1) is 397 Å². The standard InChI is InChI=1S/C116H110O8/c1-6-11-16-21-26-31-35-39-43-47-51-56-60-65-71-97-75-69-76-112(122-93-105-90-119-105)108(97)87-102-82-79-99(73-67-62-58-52-46-42-38-34-29-24-19-14-9-4)110(114(102)117)89-104-84-81-100(74-68-63-55-49-30-25-20-15-10-5)111(116(104)124-95-107-92-121-107)88-103-83-80-98(72-66-61-57-53-48-44-40-36-32-27-22-17-12-7-2)109(115(103)118)86-101-78-77-96(85-113(101)123-94-106-91-120-106)70-64-59-54-50-45-41-37-33-28-23-18-13-8-3/h2,96-118H,6,11,16,21,26,31,35,39,43,47,51,56,60,65,69,71,75-95H2,1,3-5H3. The molecular formula is C116H110O8. The number of terminal acetylenes is 1. The van der Waals surface area contributed by atoms with Crippen molar-refractivity contribution in [2.75, 3.05) is 39.6 Å². The third kappa shape index (κ3) is 40.7. The number of hydrogen-bond donors (Lipinski definition) is 2. The van der Waals surface area contributed by atoms with Crippen LogP contribution in [0.15, 0.2) is 0 Å². The molecule has 0 aromatic carbocycles. The summed E-state index contributed by atoms with van der Waals surface area (Å²) in [7, 11) is 0. The summed E-state index contributed by atoms with van der Waals surface area (Å²) in [6.45, 7) is 10.9. The zero-order valence-corrected chi connectivity index (χ0v) is 72.7. The first-order valence-corrected chi connectivity index (χ1v) is 44.6. The van der Waals surface area contributed by atoms with Crippen LogP contribution in [0.2, 0.25) is 0 Å². The maximum Gasteiger partial charge on any atom is 0.104 e. The van der Waals surface area contributed by atoms with E-state index in [1.54, 1.807) is 20.8 Å². The minimum absolute atomic E-state index is 0.0170. The number of aliphatic hydroxyl groups excluding tert-OH is 2. The van der Waals surface area contributed by atoms with Gasteiger partial charge in [0.1, 0.15) is 18.3 Å². The Labute approximate surface area is 746 Å². The van der Waals surface area contributed by atoms with Gasteiger partial charge in [0.2, 0.25) is 0 Å². The summed E-state index contributed by atoms with van der Waals surface area (Å²) < 4.78 is 38.5. The zero-order valence-electron chi connectivity index (χ0n) is 72.7. The van der Waals surface area contributed by atoms with Crippen molar-refractivity contribution < 1.29 is 38.6 Å². The van der Waals surface area contributed by atoms with Crippen molar-refractivity contribution in [1.82, 2.24) is 0 Å². The van der Waals surface area contributed by atoms with Gasteiger partial charge in [-0.15, -0.1) is 6.42 Å². The first-order valence-electron chi connectivity index (χ1n) is 44.6. The summed E-state index contributed by atoms with van der Waals surface area (Å²) >= 11 is 0. The molecule has 5 saturated carbocycles. The average Bonchev–Trinajstić information content (AvgIpc) is 1.35. The normalized spacial score (nSPS) is 26.1. The predicted molar refractivity (Wildman–Crippen MR) is 493 cm³/mol. The molecule has 622 valence electrons. The molecule has 21 atom stereocenters. The van der Waals surface area contributed by atoms with Crippen LogP contribution in [0.4, 0.5) is 0 Å². The van der Waals surface area contributed by atoms with Crippen molar-refractivity contribution in [3.05, 3.63) is 0 Å². The highest BCUT2D eigenvalue weighted by Crippen LogP contribution is 2.51. The molecular weight excluding hydrogens is 1520 g/mol. The molecule has 5 aliphatic carbocycles. The summed E-state index contributed by atoms with van der Waals surface area (Å²) in [6, 6.07) is 0. The van der Waals surface area contributed by atoms with E-state index in [-0.39, 0.29) is 102 Å². The Morgan fingerprint density at radius 3 is 1.00 bits per heavy atom. The van der Waals surface area contributed by atoms with Gasteiger partial charge in [-0.25, -0.2) is 0 Å². The van der Waals surface area contributed by atoms with E-state index in [0.717, 1.165) is 64.4 Å². The van der Waals surface area contributed by atoms with Crippen LogP contribution in [0.25, 0.3) is 0 Å². The zero-order chi connectivity index (χ0) is 87.0. The van der Waals surface area contributed by atoms with Crippen LogP contribution in [-0.2, 0) is 28.4 Å². The van der Waals surface area contributed by atoms with Crippen LogP contribution >= 0.6 is 0 Å². The van der Waals surface area contributed by atoms with E-state index in [9.17, 15) is 10.2 Å². The van der Waals surface area contributed by atoms with Gasteiger partial charge in [-0.05, 0) is 443 Å². The Kier molecular flexibility index (Phi) is 48.6. The topological polar surface area (TPSA) is 106 Å². The minimum Gasteiger partial charge on any atom is -0.393 e. The van der Waals surface area contributed by atoms with Crippen molar-refractivity contribution in [3.63, 3.8) is 0 Å². The molecule has 8 fully saturated rings. The molecule has 8 heteroatoms. The lowest BCUT2D eigenvalue weighted by molar-refractivity contribution is -0.107. The quantitative estimate of drug-likeness (QED) is 0.0390. The van der Waals surface area contributed by atoms with Gasteiger partial charge in [0, 0.05) is 23.7 Å². The van der Waals surface area contributed by atoms with Crippen LogP contribution in [0.1, 0.15) is 227 Å². The molecule has 0 bridgehead atoms. The van der Waals surface area contributed by atoms with Gasteiger partial charge in [-0.1, -0.05) is 151 Å². The number of epoxide rings is 3. The Morgan fingerprint density at radius 2 is 0.605 bits per heavy atom. The smallest absolute Gasteiger partial charge is 0.104 e. The Bertz CT molecular complexity index is 5490. The molecule has 0 spiro atoms. The lowest BCUT2D eigenvalue weighted by Gasteiger charge is -2.49. The Hall–Kier alpha value is -12.2. The molecule has 8 rings (SSSR count). The van der Waals surface area contributed by atoms with Crippen LogP contribution in [-0.4, -0.2) is 98.7 Å². The molecule has 0 amide bonds. The molecule has 124 heavy (non-hydrogen) atoms. The molecule has 8 aliphatic rings. The second kappa shape index (κ2) is 62.0. The Morgan fingerprint density at radius 1 is 0.290 bits per heavy atom. The third-order valence-corrected chi connectivity index (χ3v) is 23.9. The molecule has 21 unspecified atom stereocenters. The molecule has 3 heterocycles. The second-order valence-electron chi connectivity index (χ2n) is 32.3. The van der Waals surface area contributed by atoms with Gasteiger partial charge in [0.15, 0.2) is 0 Å². The van der Waals surface area contributed by atoms with Gasteiger partial charge in [-0.3, -0.25) is 0 Å². The largest absolute Gasteiger partial charge is 0.393 e. The third-order valence-electron chi connectivity index (χ3n) is 23.9. The monoisotopic (exact) mass is 1630 g/mol. The maximum absolute atomic E-state index is 13.6. The van der Waals surface area contributed by atoms with E-state index in [1.165, 1.54) is 103 Å². The first-order chi connectivity index (χ1) is 61.3. The van der Waals surface area contributed by atoms with Gasteiger partial charge in [-0.2, -0.15) is 0 Å². The molecule has 8 nitrogen and oxygen atoms in total. The van der Waals surface area contributed by atoms with Crippen LogP contribution in [0.3, 0.4) is 0 Å². The highest BCUT2D eigenvalue weighted by atomic mass is 16.6. The van der Waals surface area contributed by atoms with E-state index in [0.29, 0.717) is 83.4 Å². The molecule has 0 radical (unpaired) electrons. The molecule has 3 saturated heterocycles. The summed E-state index contributed by atoms with van der Waals surface area (Å²) in [5.74, 6) is 148. The number of unbranched alkanes of at least 4 members (excludes halogenated alkanes) is 13. The van der Waals surface area contributed by atoms with Crippen molar-refractivity contribution in [2.24, 2.45) is 76.9 Å². The van der Waals surface area contributed by atoms with Crippen molar-refractivity contribution >= 4 is 0 Å². The predicted octanol–water partition coefficient (Wildman–Crippen LogP) is 14.0. The van der Waals surface area contributed by atoms with Crippen LogP contribution < -0.4 is 0 Å². The van der Waals surface area contributed by atoms with E-state index in [4.69, 9.17) is 34.8 Å². The van der Waals surface area contributed by atoms with Gasteiger partial charge in [0.25, 0.3) is 0 Å². The average molecular weight is 1630 g/mol. The van der Waals surface area contributed by atoms with Gasteiger partial charge >= 0.3 is 0 Å². The summed E-state index contributed by atoms with van der Waals surface area (Å²) in [4.78, 5) is 0. The maximum atomic E-state index is 13.6. The minimum atomic E-state index is -0.783. The molecule has 3 aliphatic heterocycles. The second-order valence-corrected chi connectivity index (χ2v) is 32.3. The van der Waals surface area contributed by atoms with Crippen molar-refractivity contribution in [2.45, 2.75) is 276 Å². The number of rotatable bonds is 32. The highest BCUT2D eigenvalue weighted by Gasteiger charge is 2.50. The van der Waals surface area contributed by atoms with Crippen LogP contribution in [0.5, 0.6) is 0 Å². The molecule has 0 aromatic heterocycles. The van der Waals surface area contributed by atoms with Gasteiger partial charge < -0.3 is 38.6 Å². The summed E-state index contributed by atoms with van der Waals surface area (Å²) in [5, 5.41) is 27.1. The summed E-state index contributed by atoms with van der Waals surface area (Å²) in [5.41, 5.74) is 0. The van der Waals surface area contributed by atoms with Crippen molar-refractivity contribution in [1.29, 1.82) is 0 Å². The number of ether oxygens (including phenoxy) is 6. The lowest BCUT2D eigenvalue weighted by Crippen LogP contribution is -2.48. The number of hydrogen-bond acceptors (Lipinski definition) is 8. The fourth-order valence-electron chi connectivity index (χ4n) is 17.6. The van der Waals surface area contributed by atoms with E-state index >= 15 is 0 Å². The van der Waals surface area contributed by atoms with E-state index < -0.39 is 12.2 Å². The summed E-state index contributed by atoms with van der Waals surface area (Å²) in [6.07, 6.45) is 36.3. The number of aliphatic hydroxyl groups is 2. The fraction of sp³-hybridized carbons (Fsp3) is 0.534. The Balaban J connectivity index is 1.10. The molecule has 2 N–H and O–H groups in total. The van der Waals surface area contributed by atoms with Gasteiger partial charge in [0.05, 0.1) is 70.2 Å².